The number of thiophene rings is 1. The van der Waals surface area contributed by atoms with Crippen LogP contribution in [-0.2, 0) is 0 Å². The van der Waals surface area contributed by atoms with Gasteiger partial charge in [-0.3, -0.25) is 0 Å². The molecule has 0 fully saturated rings. The lowest BCUT2D eigenvalue weighted by Gasteiger charge is -2.04. The van der Waals surface area contributed by atoms with E-state index < -0.39 is 0 Å². The van der Waals surface area contributed by atoms with Crippen molar-refractivity contribution in [1.29, 1.82) is 0 Å². The lowest BCUT2D eigenvalue weighted by Crippen LogP contribution is -1.94. The largest absolute Gasteiger partial charge is 0.494 e. The summed E-state index contributed by atoms with van der Waals surface area (Å²) >= 11 is 1.73. The normalized spacial score (nSPS) is 10.9. The van der Waals surface area contributed by atoms with Crippen molar-refractivity contribution < 1.29 is 4.74 Å². The number of rotatable bonds is 6. The van der Waals surface area contributed by atoms with E-state index in [0.29, 0.717) is 0 Å². The summed E-state index contributed by atoms with van der Waals surface area (Å²) in [7, 11) is 1.93. The molecule has 4 heteroatoms. The molecule has 2 aromatic carbocycles. The van der Waals surface area contributed by atoms with Crippen LogP contribution in [0.2, 0.25) is 0 Å². The highest BCUT2D eigenvalue weighted by Gasteiger charge is 2.08. The number of hydrogen-bond acceptors (Lipinski definition) is 4. The highest BCUT2D eigenvalue weighted by atomic mass is 32.1. The molecule has 0 spiro atoms. The fourth-order valence-electron chi connectivity index (χ4n) is 2.96. The Kier molecular flexibility index (Phi) is 5.07. The minimum Gasteiger partial charge on any atom is -0.494 e. The third-order valence-electron chi connectivity index (χ3n) is 4.46. The maximum Gasteiger partial charge on any atom is 0.124 e. The first-order valence-electron chi connectivity index (χ1n) is 9.19. The van der Waals surface area contributed by atoms with Gasteiger partial charge in [0.2, 0.25) is 0 Å². The van der Waals surface area contributed by atoms with Crippen molar-refractivity contribution in [1.82, 2.24) is 4.98 Å². The van der Waals surface area contributed by atoms with Crippen LogP contribution in [0.3, 0.4) is 0 Å². The Hall–Kier alpha value is -2.85. The molecule has 0 bridgehead atoms. The molecule has 2 aromatic heterocycles. The number of ether oxygens (including phenoxy) is 1. The molecule has 0 atom stereocenters. The van der Waals surface area contributed by atoms with Gasteiger partial charge in [-0.05, 0) is 66.6 Å². The topological polar surface area (TPSA) is 34.1 Å². The Morgan fingerprint density at radius 1 is 0.926 bits per heavy atom. The Bertz CT molecular complexity index is 1040. The molecule has 3 nitrogen and oxygen atoms in total. The fourth-order valence-corrected chi connectivity index (χ4v) is 4.00. The number of pyridine rings is 1. The summed E-state index contributed by atoms with van der Waals surface area (Å²) in [6, 6.07) is 23.1. The van der Waals surface area contributed by atoms with E-state index in [2.05, 4.69) is 66.8 Å². The molecule has 0 aliphatic heterocycles. The van der Waals surface area contributed by atoms with Crippen LogP contribution in [0.1, 0.15) is 13.3 Å². The average Bonchev–Trinajstić information content (AvgIpc) is 3.16. The second-order valence-electron chi connectivity index (χ2n) is 6.40. The predicted molar refractivity (Wildman–Crippen MR) is 116 cm³/mol. The Balaban J connectivity index is 1.62. The van der Waals surface area contributed by atoms with E-state index in [4.69, 9.17) is 9.72 Å². The van der Waals surface area contributed by atoms with Gasteiger partial charge in [-0.15, -0.1) is 11.3 Å². The van der Waals surface area contributed by atoms with Gasteiger partial charge in [0.15, 0.2) is 0 Å². The van der Waals surface area contributed by atoms with Crippen molar-refractivity contribution in [3.05, 3.63) is 66.7 Å². The molecule has 4 rings (SSSR count). The van der Waals surface area contributed by atoms with Gasteiger partial charge in [0.25, 0.3) is 0 Å². The van der Waals surface area contributed by atoms with E-state index in [1.54, 1.807) is 11.3 Å². The minimum absolute atomic E-state index is 0.754. The van der Waals surface area contributed by atoms with Crippen LogP contribution < -0.4 is 10.1 Å². The van der Waals surface area contributed by atoms with Crippen LogP contribution in [-0.4, -0.2) is 18.6 Å². The van der Waals surface area contributed by atoms with E-state index in [1.807, 2.05) is 19.2 Å². The molecule has 0 amide bonds. The number of fused-ring (bicyclic) bond motifs is 1. The average molecular weight is 375 g/mol. The first-order valence-corrected chi connectivity index (χ1v) is 10.0. The molecule has 0 radical (unpaired) electrons. The summed E-state index contributed by atoms with van der Waals surface area (Å²) < 4.78 is 5.67. The van der Waals surface area contributed by atoms with Crippen molar-refractivity contribution in [3.63, 3.8) is 0 Å². The van der Waals surface area contributed by atoms with Crippen LogP contribution in [0.25, 0.3) is 31.9 Å². The van der Waals surface area contributed by atoms with Gasteiger partial charge in [-0.25, -0.2) is 4.98 Å². The number of benzene rings is 2. The summed E-state index contributed by atoms with van der Waals surface area (Å²) in [4.78, 5) is 7.16. The third-order valence-corrected chi connectivity index (χ3v) is 5.56. The van der Waals surface area contributed by atoms with Crippen molar-refractivity contribution in [2.45, 2.75) is 13.3 Å². The van der Waals surface area contributed by atoms with Crippen LogP contribution >= 0.6 is 11.3 Å². The molecule has 0 saturated carbocycles. The van der Waals surface area contributed by atoms with Crippen molar-refractivity contribution in [3.8, 4) is 27.4 Å². The second-order valence-corrected chi connectivity index (χ2v) is 7.43. The fraction of sp³-hybridized carbons (Fsp3) is 0.174. The second kappa shape index (κ2) is 7.80. The van der Waals surface area contributed by atoms with E-state index in [-0.39, 0.29) is 0 Å². The molecule has 2 heterocycles. The number of nitrogens with one attached hydrogen (secondary N) is 1. The van der Waals surface area contributed by atoms with Gasteiger partial charge in [0.1, 0.15) is 10.6 Å². The van der Waals surface area contributed by atoms with Crippen molar-refractivity contribution in [2.24, 2.45) is 0 Å². The summed E-state index contributed by atoms with van der Waals surface area (Å²) in [6.07, 6.45) is 1.02. The Morgan fingerprint density at radius 3 is 2.37 bits per heavy atom. The van der Waals surface area contributed by atoms with Gasteiger partial charge in [0, 0.05) is 28.6 Å². The maximum atomic E-state index is 5.67. The quantitative estimate of drug-likeness (QED) is 0.420. The van der Waals surface area contributed by atoms with Gasteiger partial charge in [-0.1, -0.05) is 19.1 Å². The molecule has 27 heavy (non-hydrogen) atoms. The third kappa shape index (κ3) is 3.81. The number of nitrogens with zero attached hydrogens (tertiary/aromatic N) is 1. The molecule has 0 aliphatic carbocycles. The number of hydrogen-bond donors (Lipinski definition) is 1. The first-order chi connectivity index (χ1) is 13.3. The van der Waals surface area contributed by atoms with Crippen LogP contribution in [0.15, 0.2) is 66.7 Å². The van der Waals surface area contributed by atoms with Crippen molar-refractivity contribution in [2.75, 3.05) is 19.0 Å². The van der Waals surface area contributed by atoms with E-state index in [0.717, 1.165) is 40.6 Å². The summed E-state index contributed by atoms with van der Waals surface area (Å²) in [5.41, 5.74) is 4.43. The molecule has 0 saturated heterocycles. The lowest BCUT2D eigenvalue weighted by molar-refractivity contribution is 0.317. The maximum absolute atomic E-state index is 5.67. The number of anilines is 1. The highest BCUT2D eigenvalue weighted by molar-refractivity contribution is 7.21. The number of aromatic nitrogens is 1. The Morgan fingerprint density at radius 2 is 1.67 bits per heavy atom. The zero-order valence-corrected chi connectivity index (χ0v) is 16.3. The van der Waals surface area contributed by atoms with Crippen LogP contribution in [0, 0.1) is 0 Å². The van der Waals surface area contributed by atoms with E-state index in [9.17, 15) is 0 Å². The molecule has 0 aliphatic rings. The molecular formula is C23H22N2OS. The van der Waals surface area contributed by atoms with E-state index >= 15 is 0 Å². The molecular weight excluding hydrogens is 352 g/mol. The monoisotopic (exact) mass is 374 g/mol. The van der Waals surface area contributed by atoms with Gasteiger partial charge in [-0.2, -0.15) is 0 Å². The van der Waals surface area contributed by atoms with Crippen LogP contribution in [0.4, 0.5) is 5.69 Å². The molecule has 136 valence electrons. The Labute approximate surface area is 163 Å². The molecule has 4 aromatic rings. The summed E-state index contributed by atoms with van der Waals surface area (Å²) in [5.74, 6) is 0.923. The standard InChI is InChI=1S/C23H22N2OS/c1-3-14-26-20-11-6-17(7-12-20)22-15-18-8-13-21(25-23(18)27-22)16-4-9-19(24-2)10-5-16/h4-13,15,24H,3,14H2,1-2H3. The molecule has 1 N–H and O–H groups in total. The van der Waals surface area contributed by atoms with Gasteiger partial charge in [0.05, 0.1) is 12.3 Å². The summed E-state index contributed by atoms with van der Waals surface area (Å²) in [6.45, 7) is 2.87. The van der Waals surface area contributed by atoms with Crippen molar-refractivity contribution >= 4 is 27.2 Å². The van der Waals surface area contributed by atoms with Gasteiger partial charge < -0.3 is 10.1 Å². The predicted octanol–water partition coefficient (Wildman–Crippen LogP) is 6.46. The lowest BCUT2D eigenvalue weighted by atomic mass is 10.1. The van der Waals surface area contributed by atoms with Crippen LogP contribution in [0.5, 0.6) is 5.75 Å². The smallest absolute Gasteiger partial charge is 0.124 e. The zero-order valence-electron chi connectivity index (χ0n) is 15.5. The zero-order chi connectivity index (χ0) is 18.6. The minimum atomic E-state index is 0.754. The van der Waals surface area contributed by atoms with Gasteiger partial charge >= 0.3 is 0 Å². The SMILES string of the molecule is CCCOc1ccc(-c2cc3ccc(-c4ccc(NC)cc4)nc3s2)cc1. The first kappa shape index (κ1) is 17.6. The summed E-state index contributed by atoms with van der Waals surface area (Å²) in [5, 5.41) is 4.32. The molecule has 0 unspecified atom stereocenters. The highest BCUT2D eigenvalue weighted by Crippen LogP contribution is 2.34. The van der Waals surface area contributed by atoms with E-state index in [1.165, 1.54) is 15.8 Å².